The van der Waals surface area contributed by atoms with E-state index in [4.69, 9.17) is 15.2 Å². The maximum absolute atomic E-state index is 5.77. The van der Waals surface area contributed by atoms with Gasteiger partial charge in [-0.25, -0.2) is 0 Å². The topological polar surface area (TPSA) is 47.7 Å². The number of benzene rings is 1. The van der Waals surface area contributed by atoms with E-state index in [1.807, 2.05) is 12.1 Å². The lowest BCUT2D eigenvalue weighted by molar-refractivity contribution is 0.142. The molecule has 1 aromatic rings. The molecular formula is C15H26N2O2. The van der Waals surface area contributed by atoms with Crippen LogP contribution in [0.4, 0.5) is 5.69 Å². The fourth-order valence-corrected chi connectivity index (χ4v) is 2.16. The molecular weight excluding hydrogens is 240 g/mol. The van der Waals surface area contributed by atoms with Gasteiger partial charge in [0, 0.05) is 24.7 Å². The quantitative estimate of drug-likeness (QED) is 0.771. The Hall–Kier alpha value is -1.42. The lowest BCUT2D eigenvalue weighted by Gasteiger charge is -2.30. The van der Waals surface area contributed by atoms with Crippen LogP contribution in [0.5, 0.6) is 11.5 Å². The van der Waals surface area contributed by atoms with Crippen LogP contribution < -0.4 is 15.2 Å². The van der Waals surface area contributed by atoms with Crippen molar-refractivity contribution in [3.05, 3.63) is 18.2 Å². The molecule has 0 bridgehead atoms. The minimum absolute atomic E-state index is 0.518. The summed E-state index contributed by atoms with van der Waals surface area (Å²) in [5.41, 5.74) is 6.39. The smallest absolute Gasteiger partial charge is 0.145 e. The number of rotatable bonds is 7. The molecule has 1 aromatic carbocycles. The summed E-state index contributed by atoms with van der Waals surface area (Å²) in [5, 5.41) is 0. The van der Waals surface area contributed by atoms with Gasteiger partial charge in [0.15, 0.2) is 0 Å². The molecule has 0 amide bonds. The first-order chi connectivity index (χ1) is 8.95. The van der Waals surface area contributed by atoms with Gasteiger partial charge in [-0.2, -0.15) is 0 Å². The van der Waals surface area contributed by atoms with Crippen molar-refractivity contribution >= 4 is 5.69 Å². The van der Waals surface area contributed by atoms with Gasteiger partial charge in [-0.15, -0.1) is 0 Å². The van der Waals surface area contributed by atoms with Crippen molar-refractivity contribution in [2.45, 2.75) is 39.8 Å². The molecule has 0 aliphatic rings. The highest BCUT2D eigenvalue weighted by molar-refractivity contribution is 5.55. The zero-order valence-corrected chi connectivity index (χ0v) is 12.6. The number of nitrogens with two attached hydrogens (primary N) is 1. The number of hydrogen-bond acceptors (Lipinski definition) is 4. The molecule has 108 valence electrons. The normalized spacial score (nSPS) is 11.4. The Labute approximate surface area is 116 Å². The Balaban J connectivity index is 2.53. The first-order valence-corrected chi connectivity index (χ1v) is 6.77. The number of methoxy groups -OCH3 is 1. The van der Waals surface area contributed by atoms with Crippen LogP contribution in [-0.4, -0.2) is 37.2 Å². The van der Waals surface area contributed by atoms with Crippen LogP contribution in [0.15, 0.2) is 18.2 Å². The SMILES string of the molecule is COc1cc(OCCN(C(C)C)C(C)C)ccc1N. The van der Waals surface area contributed by atoms with E-state index in [0.717, 1.165) is 12.3 Å². The van der Waals surface area contributed by atoms with Crippen LogP contribution in [0, 0.1) is 0 Å². The molecule has 0 aromatic heterocycles. The van der Waals surface area contributed by atoms with Crippen LogP contribution in [0.25, 0.3) is 0 Å². The van der Waals surface area contributed by atoms with Crippen LogP contribution in [-0.2, 0) is 0 Å². The van der Waals surface area contributed by atoms with Crippen LogP contribution in [0.1, 0.15) is 27.7 Å². The van der Waals surface area contributed by atoms with E-state index < -0.39 is 0 Å². The van der Waals surface area contributed by atoms with E-state index in [0.29, 0.717) is 30.1 Å². The summed E-state index contributed by atoms with van der Waals surface area (Å²) in [6.07, 6.45) is 0. The molecule has 4 nitrogen and oxygen atoms in total. The van der Waals surface area contributed by atoms with Crippen LogP contribution in [0.2, 0.25) is 0 Å². The third kappa shape index (κ3) is 4.63. The van der Waals surface area contributed by atoms with Gasteiger partial charge in [-0.3, -0.25) is 4.90 Å². The highest BCUT2D eigenvalue weighted by Gasteiger charge is 2.13. The Morgan fingerprint density at radius 3 is 2.32 bits per heavy atom. The molecule has 0 spiro atoms. The van der Waals surface area contributed by atoms with Crippen molar-refractivity contribution in [1.29, 1.82) is 0 Å². The molecule has 0 fully saturated rings. The van der Waals surface area contributed by atoms with E-state index in [-0.39, 0.29) is 0 Å². The third-order valence-electron chi connectivity index (χ3n) is 3.15. The standard InChI is InChI=1S/C15H26N2O2/c1-11(2)17(12(3)4)8-9-19-13-6-7-14(16)15(10-13)18-5/h6-7,10-12H,8-9,16H2,1-5H3. The first kappa shape index (κ1) is 15.6. The Kier molecular flexibility index (Phi) is 5.96. The predicted octanol–water partition coefficient (Wildman–Crippen LogP) is 2.78. The van der Waals surface area contributed by atoms with E-state index in [1.54, 1.807) is 13.2 Å². The average molecular weight is 266 g/mol. The molecule has 0 unspecified atom stereocenters. The maximum Gasteiger partial charge on any atom is 0.145 e. The predicted molar refractivity (Wildman–Crippen MR) is 79.9 cm³/mol. The van der Waals surface area contributed by atoms with Crippen LogP contribution in [0.3, 0.4) is 0 Å². The number of nitrogens with zero attached hydrogens (tertiary/aromatic N) is 1. The molecule has 0 heterocycles. The summed E-state index contributed by atoms with van der Waals surface area (Å²) < 4.78 is 10.9. The average Bonchev–Trinajstić information content (AvgIpc) is 2.35. The molecule has 0 radical (unpaired) electrons. The van der Waals surface area contributed by atoms with Gasteiger partial charge in [0.1, 0.15) is 18.1 Å². The van der Waals surface area contributed by atoms with Crippen molar-refractivity contribution < 1.29 is 9.47 Å². The van der Waals surface area contributed by atoms with Gasteiger partial charge in [-0.1, -0.05) is 0 Å². The van der Waals surface area contributed by atoms with Crippen LogP contribution >= 0.6 is 0 Å². The fourth-order valence-electron chi connectivity index (χ4n) is 2.16. The summed E-state index contributed by atoms with van der Waals surface area (Å²) in [6.45, 7) is 10.4. The van der Waals surface area contributed by atoms with Gasteiger partial charge in [0.05, 0.1) is 12.8 Å². The largest absolute Gasteiger partial charge is 0.494 e. The molecule has 0 aliphatic carbocycles. The number of nitrogen functional groups attached to an aromatic ring is 1. The Morgan fingerprint density at radius 2 is 1.79 bits per heavy atom. The molecule has 0 aliphatic heterocycles. The third-order valence-corrected chi connectivity index (χ3v) is 3.15. The van der Waals surface area contributed by atoms with Gasteiger partial charge < -0.3 is 15.2 Å². The van der Waals surface area contributed by atoms with Gasteiger partial charge >= 0.3 is 0 Å². The molecule has 19 heavy (non-hydrogen) atoms. The minimum Gasteiger partial charge on any atom is -0.494 e. The lowest BCUT2D eigenvalue weighted by atomic mass is 10.2. The minimum atomic E-state index is 0.518. The second-order valence-electron chi connectivity index (χ2n) is 5.18. The zero-order chi connectivity index (χ0) is 14.4. The summed E-state index contributed by atoms with van der Waals surface area (Å²) in [6, 6.07) is 6.53. The monoisotopic (exact) mass is 266 g/mol. The van der Waals surface area contributed by atoms with Crippen molar-refractivity contribution in [3.63, 3.8) is 0 Å². The van der Waals surface area contributed by atoms with Gasteiger partial charge in [-0.05, 0) is 39.8 Å². The fraction of sp³-hybridized carbons (Fsp3) is 0.600. The molecule has 1 rings (SSSR count). The van der Waals surface area contributed by atoms with E-state index in [1.165, 1.54) is 0 Å². The van der Waals surface area contributed by atoms with Crippen molar-refractivity contribution in [1.82, 2.24) is 4.90 Å². The van der Waals surface area contributed by atoms with Crippen molar-refractivity contribution in [3.8, 4) is 11.5 Å². The van der Waals surface area contributed by atoms with Gasteiger partial charge in [0.2, 0.25) is 0 Å². The highest BCUT2D eigenvalue weighted by Crippen LogP contribution is 2.26. The summed E-state index contributed by atoms with van der Waals surface area (Å²) in [5.74, 6) is 1.44. The number of ether oxygens (including phenoxy) is 2. The van der Waals surface area contributed by atoms with E-state index in [2.05, 4.69) is 32.6 Å². The second-order valence-corrected chi connectivity index (χ2v) is 5.18. The zero-order valence-electron chi connectivity index (χ0n) is 12.6. The molecule has 0 saturated carbocycles. The van der Waals surface area contributed by atoms with Gasteiger partial charge in [0.25, 0.3) is 0 Å². The second kappa shape index (κ2) is 7.24. The summed E-state index contributed by atoms with van der Waals surface area (Å²) in [4.78, 5) is 2.40. The van der Waals surface area contributed by atoms with Crippen molar-refractivity contribution in [2.75, 3.05) is 26.0 Å². The number of hydrogen-bond donors (Lipinski definition) is 1. The number of anilines is 1. The molecule has 2 N–H and O–H groups in total. The highest BCUT2D eigenvalue weighted by atomic mass is 16.5. The summed E-state index contributed by atoms with van der Waals surface area (Å²) >= 11 is 0. The Morgan fingerprint density at radius 1 is 1.16 bits per heavy atom. The lowest BCUT2D eigenvalue weighted by Crippen LogP contribution is -2.39. The summed E-state index contributed by atoms with van der Waals surface area (Å²) in [7, 11) is 1.61. The first-order valence-electron chi connectivity index (χ1n) is 6.77. The van der Waals surface area contributed by atoms with E-state index >= 15 is 0 Å². The Bertz CT molecular complexity index is 384. The molecule has 0 atom stereocenters. The molecule has 4 heteroatoms. The maximum atomic E-state index is 5.77. The van der Waals surface area contributed by atoms with Crippen molar-refractivity contribution in [2.24, 2.45) is 0 Å². The van der Waals surface area contributed by atoms with E-state index in [9.17, 15) is 0 Å². The molecule has 0 saturated heterocycles.